The molecule has 0 aliphatic carbocycles. The number of rotatable bonds is 10. The fraction of sp³-hybridized carbons (Fsp3) is 0.737. The maximum atomic E-state index is 11.5. The number of primary amides is 1. The third-order valence-corrected chi connectivity index (χ3v) is 4.23. The molecule has 0 saturated carbocycles. The third-order valence-electron chi connectivity index (χ3n) is 4.23. The van der Waals surface area contributed by atoms with Gasteiger partial charge in [-0.1, -0.05) is 20.4 Å². The van der Waals surface area contributed by atoms with Crippen LogP contribution in [0, 0.1) is 5.92 Å². The molecular weight excluding hydrogens is 330 g/mol. The molecule has 0 aromatic rings. The van der Waals surface area contributed by atoms with Gasteiger partial charge in [-0.3, -0.25) is 14.8 Å². The lowest BCUT2D eigenvalue weighted by Crippen LogP contribution is -2.32. The minimum Gasteiger partial charge on any atom is -0.374 e. The molecule has 26 heavy (non-hydrogen) atoms. The molecule has 0 bridgehead atoms. The van der Waals surface area contributed by atoms with Gasteiger partial charge in [0.1, 0.15) is 11.9 Å². The summed E-state index contributed by atoms with van der Waals surface area (Å²) in [5, 5.41) is 6.34. The molecule has 0 aromatic carbocycles. The molecule has 7 heteroatoms. The van der Waals surface area contributed by atoms with Gasteiger partial charge in [-0.25, -0.2) is 0 Å². The quantitative estimate of drug-likeness (QED) is 0.312. The van der Waals surface area contributed by atoms with Crippen molar-refractivity contribution in [3.05, 3.63) is 12.3 Å². The van der Waals surface area contributed by atoms with Gasteiger partial charge in [0.25, 0.3) is 0 Å². The summed E-state index contributed by atoms with van der Waals surface area (Å²) in [6, 6.07) is -0.491. The van der Waals surface area contributed by atoms with Crippen LogP contribution in [0.4, 0.5) is 0 Å². The summed E-state index contributed by atoms with van der Waals surface area (Å²) in [7, 11) is 0. The number of amidine groups is 2. The molecule has 1 aliphatic heterocycles. The first-order valence-corrected chi connectivity index (χ1v) is 9.09. The van der Waals surface area contributed by atoms with Gasteiger partial charge < -0.3 is 21.1 Å². The number of amides is 1. The van der Waals surface area contributed by atoms with Gasteiger partial charge in [-0.15, -0.1) is 0 Å². The van der Waals surface area contributed by atoms with E-state index in [-0.39, 0.29) is 17.1 Å². The second-order valence-electron chi connectivity index (χ2n) is 8.19. The standard InChI is InChI=1S/C19H35N5O2/c1-12(2)15(16(20)25)23-17-19(8,24-17)9-10-26-18(6,7)11-21-14(5)22-13(3)4/h12,15H,3,9-11H2,1-2,4-8H3,(H2,20,25)(H,21,22)(H,23,24). The minimum absolute atomic E-state index is 0.0794. The zero-order valence-electron chi connectivity index (χ0n) is 17.3. The molecule has 1 saturated heterocycles. The topological polar surface area (TPSA) is 111 Å². The molecule has 1 amide bonds. The van der Waals surface area contributed by atoms with Gasteiger partial charge in [-0.2, -0.15) is 0 Å². The van der Waals surface area contributed by atoms with E-state index < -0.39 is 11.9 Å². The summed E-state index contributed by atoms with van der Waals surface area (Å²) in [5.41, 5.74) is 5.70. The van der Waals surface area contributed by atoms with E-state index in [1.165, 1.54) is 0 Å². The summed E-state index contributed by atoms with van der Waals surface area (Å²) < 4.78 is 6.01. The van der Waals surface area contributed by atoms with Crippen LogP contribution < -0.4 is 16.4 Å². The Balaban J connectivity index is 2.50. The normalized spacial score (nSPS) is 22.9. The molecule has 0 aromatic heterocycles. The van der Waals surface area contributed by atoms with Crippen molar-refractivity contribution in [3.63, 3.8) is 0 Å². The van der Waals surface area contributed by atoms with Crippen LogP contribution in [0.2, 0.25) is 0 Å². The van der Waals surface area contributed by atoms with E-state index in [0.29, 0.717) is 13.2 Å². The van der Waals surface area contributed by atoms with Crippen molar-refractivity contribution < 1.29 is 9.53 Å². The maximum Gasteiger partial charge on any atom is 0.242 e. The van der Waals surface area contributed by atoms with Crippen LogP contribution in [0.1, 0.15) is 54.9 Å². The molecule has 1 rings (SSSR count). The van der Waals surface area contributed by atoms with Gasteiger partial charge in [-0.05, 0) is 40.5 Å². The first-order valence-electron chi connectivity index (χ1n) is 9.09. The van der Waals surface area contributed by atoms with Crippen molar-refractivity contribution in [3.8, 4) is 0 Å². The van der Waals surface area contributed by atoms with E-state index in [4.69, 9.17) is 10.5 Å². The Hall–Kier alpha value is -1.89. The Morgan fingerprint density at radius 1 is 1.42 bits per heavy atom. The van der Waals surface area contributed by atoms with Crippen molar-refractivity contribution in [1.82, 2.24) is 10.6 Å². The number of nitrogens with two attached hydrogens (primary N) is 1. The molecule has 2 atom stereocenters. The minimum atomic E-state index is -0.491. The smallest absolute Gasteiger partial charge is 0.242 e. The predicted molar refractivity (Wildman–Crippen MR) is 107 cm³/mol. The number of carbonyl (C=O) groups excluding carboxylic acids is 1. The van der Waals surface area contributed by atoms with E-state index in [9.17, 15) is 4.79 Å². The summed E-state index contributed by atoms with van der Waals surface area (Å²) in [6.07, 6.45) is 0.769. The van der Waals surface area contributed by atoms with Crippen LogP contribution in [-0.2, 0) is 9.53 Å². The average Bonchev–Trinajstić information content (AvgIpc) is 3.11. The van der Waals surface area contributed by atoms with Crippen LogP contribution in [0.25, 0.3) is 0 Å². The van der Waals surface area contributed by atoms with Crippen molar-refractivity contribution in [2.75, 3.05) is 13.2 Å². The molecule has 1 heterocycles. The number of hydrogen-bond acceptors (Lipinski definition) is 4. The van der Waals surface area contributed by atoms with Crippen LogP contribution in [0.3, 0.4) is 0 Å². The zero-order valence-corrected chi connectivity index (χ0v) is 17.3. The average molecular weight is 366 g/mol. The van der Waals surface area contributed by atoms with Crippen molar-refractivity contribution >= 4 is 17.6 Å². The lowest BCUT2D eigenvalue weighted by molar-refractivity contribution is -0.120. The van der Waals surface area contributed by atoms with Gasteiger partial charge in [0.05, 0.1) is 30.1 Å². The number of carbonyl (C=O) groups is 1. The molecule has 0 spiro atoms. The molecule has 2 unspecified atom stereocenters. The lowest BCUT2D eigenvalue weighted by Gasteiger charge is -2.24. The van der Waals surface area contributed by atoms with E-state index in [0.717, 1.165) is 23.8 Å². The molecule has 1 aliphatic rings. The fourth-order valence-electron chi connectivity index (χ4n) is 2.50. The highest BCUT2D eigenvalue weighted by Crippen LogP contribution is 2.27. The van der Waals surface area contributed by atoms with E-state index >= 15 is 0 Å². The second kappa shape index (κ2) is 8.66. The van der Waals surface area contributed by atoms with Crippen molar-refractivity contribution in [1.29, 1.82) is 0 Å². The number of ether oxygens (including phenoxy) is 1. The van der Waals surface area contributed by atoms with E-state index in [1.807, 2.05) is 41.5 Å². The predicted octanol–water partition coefficient (Wildman–Crippen LogP) is 1.98. The van der Waals surface area contributed by atoms with Crippen LogP contribution in [0.5, 0.6) is 0 Å². The summed E-state index contributed by atoms with van der Waals surface area (Å²) >= 11 is 0. The van der Waals surface area contributed by atoms with Crippen LogP contribution >= 0.6 is 0 Å². The summed E-state index contributed by atoms with van der Waals surface area (Å²) in [6.45, 7) is 18.7. The molecule has 4 N–H and O–H groups in total. The number of nitrogens with zero attached hydrogens (tertiary/aromatic N) is 2. The Kier molecular flexibility index (Phi) is 7.38. The van der Waals surface area contributed by atoms with Gasteiger partial charge in [0, 0.05) is 12.1 Å². The Morgan fingerprint density at radius 2 is 2.04 bits per heavy atom. The molecule has 148 valence electrons. The lowest BCUT2D eigenvalue weighted by atomic mass is 10.0. The van der Waals surface area contributed by atoms with Gasteiger partial charge in [0.15, 0.2) is 0 Å². The Bertz CT molecular complexity index is 595. The molecule has 1 fully saturated rings. The van der Waals surface area contributed by atoms with E-state index in [1.54, 1.807) is 0 Å². The third kappa shape index (κ3) is 7.15. The SMILES string of the molecule is C=C(C)NC(C)=NCC(C)(C)OCCC1(C)NC1=NC(C(N)=O)C(C)C. The first-order chi connectivity index (χ1) is 11.9. The Morgan fingerprint density at radius 3 is 2.54 bits per heavy atom. The summed E-state index contributed by atoms with van der Waals surface area (Å²) in [4.78, 5) is 20.5. The fourth-order valence-corrected chi connectivity index (χ4v) is 2.50. The second-order valence-corrected chi connectivity index (χ2v) is 8.19. The largest absolute Gasteiger partial charge is 0.374 e. The maximum absolute atomic E-state index is 11.5. The highest BCUT2D eigenvalue weighted by atomic mass is 16.5. The monoisotopic (exact) mass is 365 g/mol. The Labute approximate surface area is 157 Å². The van der Waals surface area contributed by atoms with Crippen LogP contribution in [0.15, 0.2) is 22.3 Å². The van der Waals surface area contributed by atoms with Crippen molar-refractivity contribution in [2.24, 2.45) is 21.6 Å². The van der Waals surface area contributed by atoms with Crippen LogP contribution in [-0.4, -0.2) is 47.9 Å². The number of allylic oxidation sites excluding steroid dienone is 1. The zero-order chi connectivity index (χ0) is 20.1. The molecule has 0 radical (unpaired) electrons. The van der Waals surface area contributed by atoms with Gasteiger partial charge in [0.2, 0.25) is 5.91 Å². The number of nitrogens with one attached hydrogen (secondary N) is 2. The van der Waals surface area contributed by atoms with Crippen molar-refractivity contribution in [2.45, 2.75) is 72.1 Å². The molecule has 7 nitrogen and oxygen atoms in total. The highest BCUT2D eigenvalue weighted by Gasteiger charge is 2.46. The molecular formula is C19H35N5O2. The number of hydrogen-bond donors (Lipinski definition) is 3. The van der Waals surface area contributed by atoms with Gasteiger partial charge >= 0.3 is 0 Å². The number of aliphatic imine (C=N–C) groups is 2. The first kappa shape index (κ1) is 22.2. The summed E-state index contributed by atoms with van der Waals surface area (Å²) in [5.74, 6) is 1.34. The highest BCUT2D eigenvalue weighted by molar-refractivity contribution is 6.07. The van der Waals surface area contributed by atoms with E-state index in [2.05, 4.69) is 34.1 Å².